The van der Waals surface area contributed by atoms with Crippen LogP contribution in [0.25, 0.3) is 0 Å². The first-order chi connectivity index (χ1) is 9.51. The van der Waals surface area contributed by atoms with Crippen LogP contribution in [0.15, 0.2) is 40.9 Å². The molecule has 0 fully saturated rings. The Morgan fingerprint density at radius 3 is 2.65 bits per heavy atom. The maximum absolute atomic E-state index is 11.1. The molecule has 2 aromatic carbocycles. The van der Waals surface area contributed by atoms with Crippen LogP contribution in [-0.2, 0) is 0 Å². The van der Waals surface area contributed by atoms with Gasteiger partial charge in [-0.25, -0.2) is 4.79 Å². The van der Waals surface area contributed by atoms with E-state index in [2.05, 4.69) is 15.9 Å². The minimum atomic E-state index is -1.13. The second-order valence-electron chi connectivity index (χ2n) is 3.80. The lowest BCUT2D eigenvalue weighted by atomic mass is 10.2. The lowest BCUT2D eigenvalue weighted by Crippen LogP contribution is -2.00. The Morgan fingerprint density at radius 2 is 2.00 bits per heavy atom. The van der Waals surface area contributed by atoms with Crippen LogP contribution < -0.4 is 4.74 Å². The quantitative estimate of drug-likeness (QED) is 0.885. The van der Waals surface area contributed by atoms with E-state index in [4.69, 9.17) is 26.7 Å². The number of aromatic carboxylic acids is 1. The highest BCUT2D eigenvalue weighted by Crippen LogP contribution is 2.31. The van der Waals surface area contributed by atoms with Gasteiger partial charge in [-0.3, -0.25) is 0 Å². The standard InChI is InChI=1S/C14H7BrClNO3/c15-9-1-4-12(8(5-9)7-17)20-13-6-10(16)2-3-11(13)14(18)19/h1-6H,(H,18,19). The van der Waals surface area contributed by atoms with Crippen molar-refractivity contribution in [1.29, 1.82) is 5.26 Å². The molecule has 0 atom stereocenters. The highest BCUT2D eigenvalue weighted by molar-refractivity contribution is 9.10. The molecule has 0 saturated heterocycles. The summed E-state index contributed by atoms with van der Waals surface area (Å²) in [5, 5.41) is 18.5. The van der Waals surface area contributed by atoms with Crippen LogP contribution in [0.3, 0.4) is 0 Å². The topological polar surface area (TPSA) is 70.3 Å². The second kappa shape index (κ2) is 5.95. The summed E-state index contributed by atoms with van der Waals surface area (Å²) in [6.45, 7) is 0. The molecule has 0 bridgehead atoms. The molecule has 2 rings (SSSR count). The summed E-state index contributed by atoms with van der Waals surface area (Å²) in [6.07, 6.45) is 0. The first kappa shape index (κ1) is 14.4. The molecule has 2 aromatic rings. The summed E-state index contributed by atoms with van der Waals surface area (Å²) < 4.78 is 6.25. The molecule has 0 heterocycles. The lowest BCUT2D eigenvalue weighted by Gasteiger charge is -2.10. The number of rotatable bonds is 3. The summed E-state index contributed by atoms with van der Waals surface area (Å²) in [7, 11) is 0. The summed E-state index contributed by atoms with van der Waals surface area (Å²) in [5.41, 5.74) is 0.261. The number of nitriles is 1. The van der Waals surface area contributed by atoms with Gasteiger partial charge in [-0.1, -0.05) is 27.5 Å². The van der Waals surface area contributed by atoms with Gasteiger partial charge in [-0.05, 0) is 30.3 Å². The molecule has 0 aliphatic rings. The van der Waals surface area contributed by atoms with Crippen LogP contribution in [0, 0.1) is 11.3 Å². The largest absolute Gasteiger partial charge is 0.478 e. The van der Waals surface area contributed by atoms with Gasteiger partial charge in [0, 0.05) is 15.6 Å². The molecule has 0 aliphatic heterocycles. The molecule has 0 saturated carbocycles. The fourth-order valence-corrected chi connectivity index (χ4v) is 2.08. The first-order valence-electron chi connectivity index (χ1n) is 5.41. The molecule has 0 aromatic heterocycles. The van der Waals surface area contributed by atoms with Gasteiger partial charge in [0.2, 0.25) is 0 Å². The SMILES string of the molecule is N#Cc1cc(Br)ccc1Oc1cc(Cl)ccc1C(=O)O. The zero-order chi connectivity index (χ0) is 14.7. The predicted molar refractivity (Wildman–Crippen MR) is 77.3 cm³/mol. The highest BCUT2D eigenvalue weighted by Gasteiger charge is 2.14. The van der Waals surface area contributed by atoms with Gasteiger partial charge in [0.25, 0.3) is 0 Å². The average molecular weight is 353 g/mol. The number of hydrogen-bond donors (Lipinski definition) is 1. The van der Waals surface area contributed by atoms with Crippen molar-refractivity contribution < 1.29 is 14.6 Å². The summed E-state index contributed by atoms with van der Waals surface area (Å²) in [4.78, 5) is 11.1. The highest BCUT2D eigenvalue weighted by atomic mass is 79.9. The number of carboxylic acid groups (broad SMARTS) is 1. The molecule has 20 heavy (non-hydrogen) atoms. The molecular formula is C14H7BrClNO3. The van der Waals surface area contributed by atoms with Crippen LogP contribution in [0.5, 0.6) is 11.5 Å². The molecule has 4 nitrogen and oxygen atoms in total. The molecule has 0 aliphatic carbocycles. The second-order valence-corrected chi connectivity index (χ2v) is 5.15. The van der Waals surface area contributed by atoms with E-state index in [0.717, 1.165) is 4.47 Å². The Hall–Kier alpha value is -2.03. The Kier molecular flexibility index (Phi) is 4.28. The zero-order valence-corrected chi connectivity index (χ0v) is 12.3. The van der Waals surface area contributed by atoms with E-state index >= 15 is 0 Å². The lowest BCUT2D eigenvalue weighted by molar-refractivity contribution is 0.0694. The van der Waals surface area contributed by atoms with E-state index in [-0.39, 0.29) is 22.6 Å². The number of nitrogens with zero attached hydrogens (tertiary/aromatic N) is 1. The Morgan fingerprint density at radius 1 is 1.25 bits per heavy atom. The van der Waals surface area contributed by atoms with Crippen LogP contribution in [0.4, 0.5) is 0 Å². The maximum Gasteiger partial charge on any atom is 0.339 e. The van der Waals surface area contributed by atoms with E-state index in [1.165, 1.54) is 18.2 Å². The Balaban J connectivity index is 2.47. The Labute approximate surface area is 128 Å². The van der Waals surface area contributed by atoms with E-state index in [1.807, 2.05) is 6.07 Å². The maximum atomic E-state index is 11.1. The van der Waals surface area contributed by atoms with E-state index < -0.39 is 5.97 Å². The number of benzene rings is 2. The van der Waals surface area contributed by atoms with Crippen molar-refractivity contribution in [2.45, 2.75) is 0 Å². The van der Waals surface area contributed by atoms with Crippen molar-refractivity contribution in [3.05, 3.63) is 57.0 Å². The fraction of sp³-hybridized carbons (Fsp3) is 0. The number of carbonyl (C=O) groups is 1. The molecule has 0 spiro atoms. The molecule has 0 radical (unpaired) electrons. The van der Waals surface area contributed by atoms with Crippen molar-refractivity contribution in [3.63, 3.8) is 0 Å². The van der Waals surface area contributed by atoms with Gasteiger partial charge in [0.1, 0.15) is 23.1 Å². The molecule has 100 valence electrons. The third kappa shape index (κ3) is 3.10. The molecule has 0 unspecified atom stereocenters. The fourth-order valence-electron chi connectivity index (χ4n) is 1.55. The number of carboxylic acids is 1. The minimum Gasteiger partial charge on any atom is -0.478 e. The summed E-state index contributed by atoms with van der Waals surface area (Å²) in [6, 6.07) is 11.1. The van der Waals surface area contributed by atoms with E-state index in [1.54, 1.807) is 18.2 Å². The van der Waals surface area contributed by atoms with Gasteiger partial charge < -0.3 is 9.84 Å². The van der Waals surface area contributed by atoms with E-state index in [9.17, 15) is 4.79 Å². The van der Waals surface area contributed by atoms with Gasteiger partial charge in [0.15, 0.2) is 0 Å². The van der Waals surface area contributed by atoms with Gasteiger partial charge in [-0.2, -0.15) is 5.26 Å². The van der Waals surface area contributed by atoms with Gasteiger partial charge in [-0.15, -0.1) is 0 Å². The van der Waals surface area contributed by atoms with E-state index in [0.29, 0.717) is 5.02 Å². The minimum absolute atomic E-state index is 0.0267. The zero-order valence-electron chi connectivity index (χ0n) is 9.93. The van der Waals surface area contributed by atoms with Crippen molar-refractivity contribution in [3.8, 4) is 17.6 Å². The number of ether oxygens (including phenoxy) is 1. The average Bonchev–Trinajstić information content (AvgIpc) is 2.40. The third-order valence-electron chi connectivity index (χ3n) is 2.46. The molecular weight excluding hydrogens is 346 g/mol. The third-order valence-corrected chi connectivity index (χ3v) is 3.18. The van der Waals surface area contributed by atoms with Crippen molar-refractivity contribution in [2.75, 3.05) is 0 Å². The molecule has 0 amide bonds. The van der Waals surface area contributed by atoms with Crippen molar-refractivity contribution >= 4 is 33.5 Å². The number of hydrogen-bond acceptors (Lipinski definition) is 3. The predicted octanol–water partition coefficient (Wildman–Crippen LogP) is 4.46. The summed E-state index contributed by atoms with van der Waals surface area (Å²) in [5.74, 6) is -0.781. The van der Waals surface area contributed by atoms with Crippen LogP contribution in [0.2, 0.25) is 5.02 Å². The van der Waals surface area contributed by atoms with Gasteiger partial charge >= 0.3 is 5.97 Å². The first-order valence-corrected chi connectivity index (χ1v) is 6.58. The Bertz CT molecular complexity index is 725. The number of halogens is 2. The van der Waals surface area contributed by atoms with Crippen LogP contribution >= 0.6 is 27.5 Å². The molecule has 1 N–H and O–H groups in total. The molecule has 6 heteroatoms. The summed E-state index contributed by atoms with van der Waals surface area (Å²) >= 11 is 9.09. The van der Waals surface area contributed by atoms with Crippen LogP contribution in [-0.4, -0.2) is 11.1 Å². The monoisotopic (exact) mass is 351 g/mol. The van der Waals surface area contributed by atoms with Crippen LogP contribution in [0.1, 0.15) is 15.9 Å². The van der Waals surface area contributed by atoms with Gasteiger partial charge in [0.05, 0.1) is 5.56 Å². The van der Waals surface area contributed by atoms with Crippen molar-refractivity contribution in [2.24, 2.45) is 0 Å². The smallest absolute Gasteiger partial charge is 0.339 e. The van der Waals surface area contributed by atoms with Crippen molar-refractivity contribution in [1.82, 2.24) is 0 Å². The normalized spacial score (nSPS) is 9.85.